The van der Waals surface area contributed by atoms with Crippen LogP contribution in [-0.4, -0.2) is 24.1 Å². The Morgan fingerprint density at radius 1 is 1.39 bits per heavy atom. The number of rotatable bonds is 6. The van der Waals surface area contributed by atoms with E-state index in [0.717, 1.165) is 37.3 Å². The predicted octanol–water partition coefficient (Wildman–Crippen LogP) is 2.17. The van der Waals surface area contributed by atoms with Crippen molar-refractivity contribution in [1.29, 1.82) is 0 Å². The highest BCUT2D eigenvalue weighted by molar-refractivity contribution is 5.85. The molecule has 3 atom stereocenters. The van der Waals surface area contributed by atoms with Gasteiger partial charge in [0.05, 0.1) is 0 Å². The van der Waals surface area contributed by atoms with Gasteiger partial charge in [0.15, 0.2) is 0 Å². The monoisotopic (exact) mass is 253 g/mol. The lowest BCUT2D eigenvalue weighted by Crippen LogP contribution is -2.36. The molecule has 0 amide bonds. The zero-order chi connectivity index (χ0) is 13.2. The number of amidine groups is 1. The van der Waals surface area contributed by atoms with Crippen molar-refractivity contribution in [1.82, 2.24) is 5.32 Å². The lowest BCUT2D eigenvalue weighted by atomic mass is 9.87. The van der Waals surface area contributed by atoms with E-state index in [1.54, 1.807) is 0 Å². The molecule has 0 aromatic rings. The molecular weight excluding hydrogens is 226 g/mol. The molecule has 0 heterocycles. The number of fused-ring (bicyclic) bond motifs is 2. The van der Waals surface area contributed by atoms with Crippen molar-refractivity contribution < 1.29 is 5.21 Å². The van der Waals surface area contributed by atoms with Gasteiger partial charge >= 0.3 is 0 Å². The maximum atomic E-state index is 8.71. The molecule has 2 fully saturated rings. The Kier molecular flexibility index (Phi) is 4.15. The van der Waals surface area contributed by atoms with Crippen molar-refractivity contribution in [3.05, 3.63) is 0 Å². The van der Waals surface area contributed by atoms with Crippen molar-refractivity contribution in [3.8, 4) is 0 Å². The summed E-state index contributed by atoms with van der Waals surface area (Å²) in [7, 11) is 0. The van der Waals surface area contributed by atoms with Crippen molar-refractivity contribution in [2.24, 2.45) is 34.1 Å². The predicted molar refractivity (Wildman–Crippen MR) is 73.6 cm³/mol. The smallest absolute Gasteiger partial charge is 0.144 e. The van der Waals surface area contributed by atoms with Gasteiger partial charge in [-0.15, -0.1) is 0 Å². The van der Waals surface area contributed by atoms with Gasteiger partial charge in [-0.1, -0.05) is 25.4 Å². The lowest BCUT2D eigenvalue weighted by molar-refractivity contribution is 0.299. The van der Waals surface area contributed by atoms with Crippen LogP contribution < -0.4 is 11.1 Å². The molecule has 104 valence electrons. The van der Waals surface area contributed by atoms with Crippen LogP contribution >= 0.6 is 0 Å². The van der Waals surface area contributed by atoms with Gasteiger partial charge in [0.1, 0.15) is 5.84 Å². The van der Waals surface area contributed by atoms with Gasteiger partial charge in [0, 0.05) is 5.41 Å². The molecule has 2 aliphatic rings. The van der Waals surface area contributed by atoms with Gasteiger partial charge < -0.3 is 16.3 Å². The van der Waals surface area contributed by atoms with Crippen LogP contribution in [0.5, 0.6) is 0 Å². The van der Waals surface area contributed by atoms with E-state index >= 15 is 0 Å². The van der Waals surface area contributed by atoms with E-state index in [-0.39, 0.29) is 5.41 Å². The van der Waals surface area contributed by atoms with Gasteiger partial charge in [-0.2, -0.15) is 0 Å². The van der Waals surface area contributed by atoms with Crippen molar-refractivity contribution in [2.75, 3.05) is 13.1 Å². The maximum absolute atomic E-state index is 8.71. The minimum absolute atomic E-state index is 0.226. The standard InChI is InChI=1S/C14H27N3O/c1-14(2,13(15)17-18)5-6-16-9-12-8-10-3-4-11(12)7-10/h10-12,16,18H,3-9H2,1-2H3,(H2,15,17). The van der Waals surface area contributed by atoms with Gasteiger partial charge in [0.2, 0.25) is 0 Å². The third-order valence-electron chi connectivity index (χ3n) is 5.02. The van der Waals surface area contributed by atoms with Crippen molar-refractivity contribution in [2.45, 2.75) is 46.0 Å². The highest BCUT2D eigenvalue weighted by Gasteiger charge is 2.38. The highest BCUT2D eigenvalue weighted by atomic mass is 16.4. The van der Waals surface area contributed by atoms with Crippen LogP contribution in [0.4, 0.5) is 0 Å². The van der Waals surface area contributed by atoms with Crippen LogP contribution in [0.25, 0.3) is 0 Å². The molecule has 4 nitrogen and oxygen atoms in total. The molecule has 0 radical (unpaired) electrons. The molecule has 2 bridgehead atoms. The first kappa shape index (κ1) is 13.7. The second kappa shape index (κ2) is 5.47. The van der Waals surface area contributed by atoms with Crippen LogP contribution in [0.2, 0.25) is 0 Å². The topological polar surface area (TPSA) is 70.6 Å². The summed E-state index contributed by atoms with van der Waals surface area (Å²) in [4.78, 5) is 0. The van der Waals surface area contributed by atoms with Crippen LogP contribution in [0.15, 0.2) is 5.16 Å². The quantitative estimate of drug-likeness (QED) is 0.223. The Bertz CT molecular complexity index is 314. The SMILES string of the molecule is CC(C)(CCNCC1CC2CCC1C2)C(N)=NO. The summed E-state index contributed by atoms with van der Waals surface area (Å²) in [5, 5.41) is 15.4. The van der Waals surface area contributed by atoms with E-state index in [1.165, 1.54) is 25.7 Å². The molecule has 2 aliphatic carbocycles. The fourth-order valence-electron chi connectivity index (χ4n) is 3.58. The molecule has 0 saturated heterocycles. The third-order valence-corrected chi connectivity index (χ3v) is 5.02. The van der Waals surface area contributed by atoms with Crippen LogP contribution in [0.1, 0.15) is 46.0 Å². The number of nitrogens with two attached hydrogens (primary N) is 1. The molecule has 4 heteroatoms. The van der Waals surface area contributed by atoms with E-state index in [2.05, 4.69) is 10.5 Å². The van der Waals surface area contributed by atoms with E-state index in [1.807, 2.05) is 13.8 Å². The largest absolute Gasteiger partial charge is 0.409 e. The molecule has 0 aromatic carbocycles. The molecule has 18 heavy (non-hydrogen) atoms. The Morgan fingerprint density at radius 2 is 2.17 bits per heavy atom. The first-order chi connectivity index (χ1) is 8.53. The van der Waals surface area contributed by atoms with Gasteiger partial charge in [-0.05, 0) is 56.5 Å². The second-order valence-electron chi connectivity index (χ2n) is 6.76. The second-order valence-corrected chi connectivity index (χ2v) is 6.76. The van der Waals surface area contributed by atoms with E-state index in [0.29, 0.717) is 5.84 Å². The van der Waals surface area contributed by atoms with Crippen LogP contribution in [0, 0.1) is 23.2 Å². The van der Waals surface area contributed by atoms with Crippen LogP contribution in [0.3, 0.4) is 0 Å². The van der Waals surface area contributed by atoms with Crippen molar-refractivity contribution in [3.63, 3.8) is 0 Å². The fraction of sp³-hybridized carbons (Fsp3) is 0.929. The van der Waals surface area contributed by atoms with E-state index in [4.69, 9.17) is 10.9 Å². The molecule has 0 spiro atoms. The Labute approximate surface area is 110 Å². The first-order valence-corrected chi connectivity index (χ1v) is 7.21. The maximum Gasteiger partial charge on any atom is 0.144 e. The summed E-state index contributed by atoms with van der Waals surface area (Å²) >= 11 is 0. The number of oxime groups is 1. The zero-order valence-corrected chi connectivity index (χ0v) is 11.7. The summed E-state index contributed by atoms with van der Waals surface area (Å²) in [6, 6.07) is 0. The fourth-order valence-corrected chi connectivity index (χ4v) is 3.58. The average Bonchev–Trinajstić information content (AvgIpc) is 2.95. The molecular formula is C14H27N3O. The lowest BCUT2D eigenvalue weighted by Gasteiger charge is -2.25. The Balaban J connectivity index is 1.64. The number of nitrogens with zero attached hydrogens (tertiary/aromatic N) is 1. The van der Waals surface area contributed by atoms with Crippen molar-refractivity contribution >= 4 is 5.84 Å². The first-order valence-electron chi connectivity index (χ1n) is 7.21. The van der Waals surface area contributed by atoms with Gasteiger partial charge in [0.25, 0.3) is 0 Å². The number of hydrogen-bond donors (Lipinski definition) is 3. The summed E-state index contributed by atoms with van der Waals surface area (Å²) in [5.41, 5.74) is 5.45. The molecule has 4 N–H and O–H groups in total. The van der Waals surface area contributed by atoms with E-state index < -0.39 is 0 Å². The number of nitrogens with one attached hydrogen (secondary N) is 1. The third kappa shape index (κ3) is 2.97. The Hall–Kier alpha value is -0.770. The van der Waals surface area contributed by atoms with E-state index in [9.17, 15) is 0 Å². The van der Waals surface area contributed by atoms with Crippen LogP contribution in [-0.2, 0) is 0 Å². The molecule has 0 aliphatic heterocycles. The molecule has 3 unspecified atom stereocenters. The average molecular weight is 253 g/mol. The summed E-state index contributed by atoms with van der Waals surface area (Å²) in [6.07, 6.45) is 6.73. The zero-order valence-electron chi connectivity index (χ0n) is 11.7. The Morgan fingerprint density at radius 3 is 2.72 bits per heavy atom. The minimum Gasteiger partial charge on any atom is -0.409 e. The summed E-state index contributed by atoms with van der Waals surface area (Å²) < 4.78 is 0. The normalized spacial score (nSPS) is 32.1. The van der Waals surface area contributed by atoms with Gasteiger partial charge in [-0.25, -0.2) is 0 Å². The molecule has 0 aromatic heterocycles. The number of hydrogen-bond acceptors (Lipinski definition) is 3. The highest BCUT2D eigenvalue weighted by Crippen LogP contribution is 2.47. The summed E-state index contributed by atoms with van der Waals surface area (Å²) in [5.74, 6) is 3.23. The van der Waals surface area contributed by atoms with Gasteiger partial charge in [-0.3, -0.25) is 0 Å². The molecule has 2 rings (SSSR count). The molecule has 2 saturated carbocycles. The summed E-state index contributed by atoms with van der Waals surface area (Å²) in [6.45, 7) is 6.12. The minimum atomic E-state index is -0.226.